The molecular weight excluding hydrogens is 328 g/mol. The van der Waals surface area contributed by atoms with Crippen LogP contribution < -0.4 is 14.2 Å². The first kappa shape index (κ1) is 15.1. The minimum absolute atomic E-state index is 0.504. The van der Waals surface area contributed by atoms with Gasteiger partial charge >= 0.3 is 0 Å². The Morgan fingerprint density at radius 2 is 1.92 bits per heavy atom. The fourth-order valence-corrected chi connectivity index (χ4v) is 3.06. The van der Waals surface area contributed by atoms with Gasteiger partial charge in [0.2, 0.25) is 0 Å². The van der Waals surface area contributed by atoms with E-state index in [1.54, 1.807) is 0 Å². The molecule has 6 heteroatoms. The summed E-state index contributed by atoms with van der Waals surface area (Å²) in [5.41, 5.74) is 1.91. The van der Waals surface area contributed by atoms with E-state index >= 15 is 0 Å². The van der Waals surface area contributed by atoms with E-state index in [1.807, 2.05) is 43.3 Å². The van der Waals surface area contributed by atoms with Gasteiger partial charge in [-0.05, 0) is 19.1 Å². The fourth-order valence-electron chi connectivity index (χ4n) is 2.87. The van der Waals surface area contributed by atoms with Gasteiger partial charge in [-0.2, -0.15) is 0 Å². The largest absolute Gasteiger partial charge is 0.490 e. The van der Waals surface area contributed by atoms with Gasteiger partial charge in [0.05, 0.1) is 22.6 Å². The van der Waals surface area contributed by atoms with Crippen molar-refractivity contribution in [3.05, 3.63) is 47.2 Å². The third-order valence-corrected chi connectivity index (χ3v) is 4.32. The Morgan fingerprint density at radius 3 is 2.71 bits per heavy atom. The lowest BCUT2D eigenvalue weighted by Crippen LogP contribution is -2.15. The van der Waals surface area contributed by atoms with E-state index in [4.69, 9.17) is 25.8 Å². The summed E-state index contributed by atoms with van der Waals surface area (Å²) in [5, 5.41) is 0.615. The molecule has 0 saturated heterocycles. The molecule has 0 aliphatic carbocycles. The molecule has 5 nitrogen and oxygen atoms in total. The molecule has 2 aromatic carbocycles. The van der Waals surface area contributed by atoms with Crippen LogP contribution in [0.3, 0.4) is 0 Å². The van der Waals surface area contributed by atoms with E-state index in [0.29, 0.717) is 37.1 Å². The molecule has 124 valence electrons. The average Bonchev–Trinajstić information content (AvgIpc) is 2.89. The van der Waals surface area contributed by atoms with Crippen LogP contribution in [0.2, 0.25) is 5.02 Å². The highest BCUT2D eigenvalue weighted by Gasteiger charge is 2.16. The zero-order valence-electron chi connectivity index (χ0n) is 13.3. The highest BCUT2D eigenvalue weighted by Crippen LogP contribution is 2.34. The summed E-state index contributed by atoms with van der Waals surface area (Å²) in [5.74, 6) is 3.14. The van der Waals surface area contributed by atoms with Gasteiger partial charge in [-0.15, -0.1) is 0 Å². The summed E-state index contributed by atoms with van der Waals surface area (Å²) < 4.78 is 19.2. The molecule has 3 aromatic rings. The first-order valence-electron chi connectivity index (χ1n) is 7.86. The number of aromatic nitrogens is 2. The quantitative estimate of drug-likeness (QED) is 0.721. The van der Waals surface area contributed by atoms with Gasteiger partial charge in [0.15, 0.2) is 11.5 Å². The van der Waals surface area contributed by atoms with Crippen molar-refractivity contribution in [2.24, 2.45) is 0 Å². The van der Waals surface area contributed by atoms with Crippen LogP contribution in [0.1, 0.15) is 5.82 Å². The number of hydrogen-bond donors (Lipinski definition) is 0. The van der Waals surface area contributed by atoms with Crippen molar-refractivity contribution in [1.82, 2.24) is 9.55 Å². The maximum absolute atomic E-state index is 6.12. The first-order valence-corrected chi connectivity index (χ1v) is 8.24. The van der Waals surface area contributed by atoms with E-state index < -0.39 is 0 Å². The standard InChI is InChI=1S/C18H17ClN2O3/c1-12-20-14-10-17-18(24-9-8-23-17)11-15(14)21(12)6-7-22-16-5-3-2-4-13(16)19/h2-5,10-11H,6-9H2,1H3. The van der Waals surface area contributed by atoms with Crippen LogP contribution in [0.4, 0.5) is 0 Å². The van der Waals surface area contributed by atoms with Gasteiger partial charge in [0, 0.05) is 12.1 Å². The molecule has 0 fully saturated rings. The molecule has 2 heterocycles. The van der Waals surface area contributed by atoms with Crippen LogP contribution in [-0.2, 0) is 6.54 Å². The van der Waals surface area contributed by atoms with E-state index in [0.717, 1.165) is 28.4 Å². The second-order valence-corrected chi connectivity index (χ2v) is 5.98. The van der Waals surface area contributed by atoms with Gasteiger partial charge in [-0.25, -0.2) is 4.98 Å². The average molecular weight is 345 g/mol. The van der Waals surface area contributed by atoms with E-state index in [-0.39, 0.29) is 0 Å². The van der Waals surface area contributed by atoms with Crippen molar-refractivity contribution in [2.45, 2.75) is 13.5 Å². The minimum atomic E-state index is 0.504. The number of ether oxygens (including phenoxy) is 3. The lowest BCUT2D eigenvalue weighted by atomic mass is 10.2. The second-order valence-electron chi connectivity index (χ2n) is 5.57. The maximum atomic E-state index is 6.12. The minimum Gasteiger partial charge on any atom is -0.490 e. The molecule has 1 aromatic heterocycles. The summed E-state index contributed by atoms with van der Waals surface area (Å²) in [4.78, 5) is 4.61. The Hall–Kier alpha value is -2.40. The zero-order chi connectivity index (χ0) is 16.5. The van der Waals surface area contributed by atoms with Crippen molar-refractivity contribution in [1.29, 1.82) is 0 Å². The number of hydrogen-bond acceptors (Lipinski definition) is 4. The van der Waals surface area contributed by atoms with Crippen LogP contribution in [0.15, 0.2) is 36.4 Å². The summed E-state index contributed by atoms with van der Waals surface area (Å²) in [6.07, 6.45) is 0. The molecule has 0 spiro atoms. The summed E-state index contributed by atoms with van der Waals surface area (Å²) in [6.45, 7) is 4.30. The van der Waals surface area contributed by atoms with E-state index in [1.165, 1.54) is 0 Å². The van der Waals surface area contributed by atoms with Crippen molar-refractivity contribution in [3.63, 3.8) is 0 Å². The number of aryl methyl sites for hydroxylation is 1. The number of fused-ring (bicyclic) bond motifs is 2. The zero-order valence-corrected chi connectivity index (χ0v) is 14.0. The van der Waals surface area contributed by atoms with E-state index in [2.05, 4.69) is 9.55 Å². The topological polar surface area (TPSA) is 45.5 Å². The van der Waals surface area contributed by atoms with Crippen LogP contribution in [-0.4, -0.2) is 29.4 Å². The predicted octanol–water partition coefficient (Wildman–Crippen LogP) is 3.85. The highest BCUT2D eigenvalue weighted by molar-refractivity contribution is 6.32. The maximum Gasteiger partial charge on any atom is 0.163 e. The Balaban J connectivity index is 1.57. The number of imidazole rings is 1. The second kappa shape index (κ2) is 6.24. The summed E-state index contributed by atoms with van der Waals surface area (Å²) in [6, 6.07) is 11.4. The smallest absolute Gasteiger partial charge is 0.163 e. The van der Waals surface area contributed by atoms with Gasteiger partial charge < -0.3 is 18.8 Å². The Labute approximate surface area is 144 Å². The molecule has 0 atom stereocenters. The van der Waals surface area contributed by atoms with Gasteiger partial charge in [0.25, 0.3) is 0 Å². The number of rotatable bonds is 4. The Kier molecular flexibility index (Phi) is 3.94. The molecule has 0 unspecified atom stereocenters. The van der Waals surface area contributed by atoms with Crippen molar-refractivity contribution in [2.75, 3.05) is 19.8 Å². The van der Waals surface area contributed by atoms with Crippen molar-refractivity contribution < 1.29 is 14.2 Å². The van der Waals surface area contributed by atoms with E-state index in [9.17, 15) is 0 Å². The molecule has 1 aliphatic heterocycles. The lowest BCUT2D eigenvalue weighted by molar-refractivity contribution is 0.172. The Morgan fingerprint density at radius 1 is 1.17 bits per heavy atom. The molecular formula is C18H17ClN2O3. The van der Waals surface area contributed by atoms with Crippen LogP contribution in [0.5, 0.6) is 17.2 Å². The molecule has 0 N–H and O–H groups in total. The normalized spacial score (nSPS) is 13.2. The van der Waals surface area contributed by atoms with Crippen LogP contribution in [0.25, 0.3) is 11.0 Å². The third-order valence-electron chi connectivity index (χ3n) is 4.01. The molecule has 0 saturated carbocycles. The molecule has 1 aliphatic rings. The molecule has 4 rings (SSSR count). The number of benzene rings is 2. The Bertz CT molecular complexity index is 891. The predicted molar refractivity (Wildman–Crippen MR) is 92.4 cm³/mol. The SMILES string of the molecule is Cc1nc2cc3c(cc2n1CCOc1ccccc1Cl)OCCO3. The fraction of sp³-hybridized carbons (Fsp3) is 0.278. The summed E-state index contributed by atoms with van der Waals surface area (Å²) >= 11 is 6.12. The molecule has 0 radical (unpaired) electrons. The van der Waals surface area contributed by atoms with Gasteiger partial charge in [-0.1, -0.05) is 23.7 Å². The molecule has 0 bridgehead atoms. The highest BCUT2D eigenvalue weighted by atomic mass is 35.5. The summed E-state index contributed by atoms with van der Waals surface area (Å²) in [7, 11) is 0. The number of para-hydroxylation sites is 1. The third kappa shape index (κ3) is 2.76. The van der Waals surface area contributed by atoms with Crippen LogP contribution in [0, 0.1) is 6.92 Å². The van der Waals surface area contributed by atoms with Crippen LogP contribution >= 0.6 is 11.6 Å². The van der Waals surface area contributed by atoms with Crippen molar-refractivity contribution in [3.8, 4) is 17.2 Å². The molecule has 24 heavy (non-hydrogen) atoms. The first-order chi connectivity index (χ1) is 11.7. The monoisotopic (exact) mass is 344 g/mol. The van der Waals surface area contributed by atoms with Gasteiger partial charge in [-0.3, -0.25) is 0 Å². The van der Waals surface area contributed by atoms with Gasteiger partial charge in [0.1, 0.15) is 31.4 Å². The number of nitrogens with zero attached hydrogens (tertiary/aromatic N) is 2. The molecule has 0 amide bonds. The number of halogens is 1. The lowest BCUT2D eigenvalue weighted by Gasteiger charge is -2.18. The van der Waals surface area contributed by atoms with Crippen molar-refractivity contribution >= 4 is 22.6 Å².